The van der Waals surface area contributed by atoms with Crippen LogP contribution in [0.1, 0.15) is 26.3 Å². The number of anilines is 1. The van der Waals surface area contributed by atoms with Crippen LogP contribution in [-0.4, -0.2) is 48.6 Å². The third-order valence-corrected chi connectivity index (χ3v) is 3.48. The maximum absolute atomic E-state index is 3.50. The number of likely N-dealkylation sites (N-methyl/N-ethyl adjacent to an activating group) is 1. The molecule has 106 valence electrons. The molecular formula is C16H27N3. The maximum atomic E-state index is 3.50. The molecule has 0 radical (unpaired) electrons. The van der Waals surface area contributed by atoms with E-state index in [9.17, 15) is 0 Å². The van der Waals surface area contributed by atoms with Gasteiger partial charge in [-0.05, 0) is 45.5 Å². The van der Waals surface area contributed by atoms with Crippen LogP contribution in [0.4, 0.5) is 5.69 Å². The van der Waals surface area contributed by atoms with Crippen molar-refractivity contribution in [2.24, 2.45) is 0 Å². The predicted molar refractivity (Wildman–Crippen MR) is 82.6 cm³/mol. The molecule has 1 fully saturated rings. The number of benzene rings is 1. The molecule has 1 aromatic carbocycles. The van der Waals surface area contributed by atoms with Gasteiger partial charge in [-0.15, -0.1) is 0 Å². The number of hydrogen-bond donors (Lipinski definition) is 1. The molecule has 0 aromatic heterocycles. The summed E-state index contributed by atoms with van der Waals surface area (Å²) in [6, 6.07) is 8.87. The first kappa shape index (κ1) is 14.4. The van der Waals surface area contributed by atoms with Crippen molar-refractivity contribution in [2.75, 3.05) is 38.5 Å². The molecule has 1 aliphatic heterocycles. The molecular weight excluding hydrogens is 234 g/mol. The van der Waals surface area contributed by atoms with Crippen molar-refractivity contribution in [1.29, 1.82) is 0 Å². The van der Waals surface area contributed by atoms with E-state index in [4.69, 9.17) is 0 Å². The lowest BCUT2D eigenvalue weighted by Crippen LogP contribution is -2.43. The third-order valence-electron chi connectivity index (χ3n) is 3.48. The van der Waals surface area contributed by atoms with Gasteiger partial charge < -0.3 is 10.2 Å². The largest absolute Gasteiger partial charge is 0.380 e. The van der Waals surface area contributed by atoms with Crippen LogP contribution in [0.2, 0.25) is 0 Å². The average molecular weight is 261 g/mol. The molecule has 19 heavy (non-hydrogen) atoms. The Kier molecular flexibility index (Phi) is 4.48. The fourth-order valence-corrected chi connectivity index (χ4v) is 2.39. The Hall–Kier alpha value is -1.06. The van der Waals surface area contributed by atoms with E-state index in [1.165, 1.54) is 37.4 Å². The van der Waals surface area contributed by atoms with E-state index in [0.29, 0.717) is 0 Å². The van der Waals surface area contributed by atoms with Crippen LogP contribution in [0.5, 0.6) is 0 Å². The molecule has 0 spiro atoms. The Bertz CT molecular complexity index is 383. The van der Waals surface area contributed by atoms with E-state index in [1.54, 1.807) is 0 Å². The summed E-state index contributed by atoms with van der Waals surface area (Å²) < 4.78 is 0. The number of piperazine rings is 1. The molecule has 3 heteroatoms. The zero-order valence-corrected chi connectivity index (χ0v) is 12.7. The van der Waals surface area contributed by atoms with Gasteiger partial charge in [-0.2, -0.15) is 0 Å². The first-order valence-electron chi connectivity index (χ1n) is 7.20. The molecule has 1 aromatic rings. The Balaban J connectivity index is 1.88. The Morgan fingerprint density at radius 1 is 1.00 bits per heavy atom. The number of nitrogens with one attached hydrogen (secondary N) is 1. The Labute approximate surface area is 117 Å². The molecule has 2 rings (SSSR count). The van der Waals surface area contributed by atoms with Crippen LogP contribution in [-0.2, 0) is 6.54 Å². The summed E-state index contributed by atoms with van der Waals surface area (Å²) >= 11 is 0. The molecule has 1 aliphatic rings. The number of rotatable bonds is 3. The summed E-state index contributed by atoms with van der Waals surface area (Å²) in [4.78, 5) is 4.93. The molecule has 0 atom stereocenters. The highest BCUT2D eigenvalue weighted by Gasteiger charge is 2.14. The quantitative estimate of drug-likeness (QED) is 0.902. The average Bonchev–Trinajstić information content (AvgIpc) is 2.33. The van der Waals surface area contributed by atoms with Gasteiger partial charge in [0.05, 0.1) is 0 Å². The van der Waals surface area contributed by atoms with Gasteiger partial charge in [0, 0.05) is 44.0 Å². The summed E-state index contributed by atoms with van der Waals surface area (Å²) in [6.45, 7) is 12.4. The van der Waals surface area contributed by atoms with Crippen LogP contribution in [0.3, 0.4) is 0 Å². The van der Waals surface area contributed by atoms with Crippen molar-refractivity contribution < 1.29 is 0 Å². The van der Waals surface area contributed by atoms with Crippen molar-refractivity contribution >= 4 is 5.69 Å². The molecule has 0 bridgehead atoms. The van der Waals surface area contributed by atoms with Gasteiger partial charge in [0.1, 0.15) is 0 Å². The van der Waals surface area contributed by atoms with E-state index in [2.05, 4.69) is 67.2 Å². The van der Waals surface area contributed by atoms with E-state index < -0.39 is 0 Å². The molecule has 1 heterocycles. The lowest BCUT2D eigenvalue weighted by atomic mass is 10.1. The first-order chi connectivity index (χ1) is 8.92. The first-order valence-corrected chi connectivity index (χ1v) is 7.20. The second-order valence-corrected chi connectivity index (χ2v) is 6.65. The highest BCUT2D eigenvalue weighted by molar-refractivity contribution is 5.46. The number of hydrogen-bond acceptors (Lipinski definition) is 3. The van der Waals surface area contributed by atoms with Crippen LogP contribution in [0.15, 0.2) is 24.3 Å². The van der Waals surface area contributed by atoms with E-state index in [-0.39, 0.29) is 5.54 Å². The van der Waals surface area contributed by atoms with Gasteiger partial charge in [-0.25, -0.2) is 0 Å². The molecule has 1 N–H and O–H groups in total. The zero-order chi connectivity index (χ0) is 13.9. The molecule has 3 nitrogen and oxygen atoms in total. The highest BCUT2D eigenvalue weighted by atomic mass is 15.2. The SMILES string of the molecule is CN1CCN(Cc2ccc(NC(C)(C)C)cc2)CC1. The monoisotopic (exact) mass is 261 g/mol. The van der Waals surface area contributed by atoms with Gasteiger partial charge in [0.15, 0.2) is 0 Å². The number of nitrogens with zero attached hydrogens (tertiary/aromatic N) is 2. The topological polar surface area (TPSA) is 18.5 Å². The van der Waals surface area contributed by atoms with Crippen LogP contribution in [0.25, 0.3) is 0 Å². The molecule has 1 saturated heterocycles. The van der Waals surface area contributed by atoms with Crippen molar-refractivity contribution in [2.45, 2.75) is 32.9 Å². The summed E-state index contributed by atoms with van der Waals surface area (Å²) in [7, 11) is 2.20. The van der Waals surface area contributed by atoms with Crippen LogP contribution in [0, 0.1) is 0 Å². The smallest absolute Gasteiger partial charge is 0.0344 e. The predicted octanol–water partition coefficient (Wildman–Crippen LogP) is 2.64. The normalized spacial score (nSPS) is 18.5. The fraction of sp³-hybridized carbons (Fsp3) is 0.625. The fourth-order valence-electron chi connectivity index (χ4n) is 2.39. The van der Waals surface area contributed by atoms with Gasteiger partial charge >= 0.3 is 0 Å². The van der Waals surface area contributed by atoms with E-state index in [1.807, 2.05) is 0 Å². The minimum absolute atomic E-state index is 0.124. The minimum Gasteiger partial charge on any atom is -0.380 e. The zero-order valence-electron chi connectivity index (χ0n) is 12.7. The van der Waals surface area contributed by atoms with Gasteiger partial charge in [0.2, 0.25) is 0 Å². The molecule has 0 aliphatic carbocycles. The van der Waals surface area contributed by atoms with Gasteiger partial charge in [0.25, 0.3) is 0 Å². The standard InChI is InChI=1S/C16H27N3/c1-16(2,3)17-15-7-5-14(6-8-15)13-19-11-9-18(4)10-12-19/h5-8,17H,9-13H2,1-4H3. The molecule has 0 amide bonds. The van der Waals surface area contributed by atoms with Gasteiger partial charge in [-0.3, -0.25) is 4.90 Å². The Morgan fingerprint density at radius 3 is 2.11 bits per heavy atom. The second kappa shape index (κ2) is 5.93. The summed E-state index contributed by atoms with van der Waals surface area (Å²) in [5.41, 5.74) is 2.73. The molecule has 0 saturated carbocycles. The van der Waals surface area contributed by atoms with Crippen LogP contribution >= 0.6 is 0 Å². The lowest BCUT2D eigenvalue weighted by Gasteiger charge is -2.32. The summed E-state index contributed by atoms with van der Waals surface area (Å²) in [6.07, 6.45) is 0. The van der Waals surface area contributed by atoms with E-state index in [0.717, 1.165) is 6.54 Å². The summed E-state index contributed by atoms with van der Waals surface area (Å²) in [5, 5.41) is 3.50. The van der Waals surface area contributed by atoms with Crippen molar-refractivity contribution in [3.05, 3.63) is 29.8 Å². The highest BCUT2D eigenvalue weighted by Crippen LogP contribution is 2.16. The van der Waals surface area contributed by atoms with E-state index >= 15 is 0 Å². The maximum Gasteiger partial charge on any atom is 0.0344 e. The van der Waals surface area contributed by atoms with Crippen molar-refractivity contribution in [3.63, 3.8) is 0 Å². The van der Waals surface area contributed by atoms with Crippen molar-refractivity contribution in [1.82, 2.24) is 9.80 Å². The Morgan fingerprint density at radius 2 is 1.58 bits per heavy atom. The van der Waals surface area contributed by atoms with Gasteiger partial charge in [-0.1, -0.05) is 12.1 Å². The minimum atomic E-state index is 0.124. The second-order valence-electron chi connectivity index (χ2n) is 6.65. The molecule has 0 unspecified atom stereocenters. The van der Waals surface area contributed by atoms with Crippen molar-refractivity contribution in [3.8, 4) is 0 Å². The summed E-state index contributed by atoms with van der Waals surface area (Å²) in [5.74, 6) is 0. The van der Waals surface area contributed by atoms with Crippen LogP contribution < -0.4 is 5.32 Å². The lowest BCUT2D eigenvalue weighted by molar-refractivity contribution is 0.148. The third kappa shape index (κ3) is 4.84.